The van der Waals surface area contributed by atoms with Gasteiger partial charge in [0.05, 0.1) is 23.3 Å². The van der Waals surface area contributed by atoms with Crippen molar-refractivity contribution in [1.82, 2.24) is 10.6 Å². The molecule has 0 spiro atoms. The third-order valence-electron chi connectivity index (χ3n) is 9.24. The van der Waals surface area contributed by atoms with Gasteiger partial charge in [0.25, 0.3) is 0 Å². The summed E-state index contributed by atoms with van der Waals surface area (Å²) in [4.78, 5) is 27.8. The topological polar surface area (TPSA) is 98.7 Å². The molecule has 0 unspecified atom stereocenters. The highest BCUT2D eigenvalue weighted by atomic mass is 16.3. The van der Waals surface area contributed by atoms with Crippen molar-refractivity contribution in [2.45, 2.75) is 100 Å². The minimum Gasteiger partial charge on any atom is -0.388 e. The monoisotopic (exact) mass is 504 g/mol. The van der Waals surface area contributed by atoms with Crippen LogP contribution in [-0.2, 0) is 22.4 Å². The summed E-state index contributed by atoms with van der Waals surface area (Å²) in [6, 6.07) is 18.9. The van der Waals surface area contributed by atoms with E-state index in [0.29, 0.717) is 51.4 Å². The molecular weight excluding hydrogens is 464 g/mol. The van der Waals surface area contributed by atoms with Crippen LogP contribution < -0.4 is 10.6 Å². The fourth-order valence-electron chi connectivity index (χ4n) is 6.35. The lowest BCUT2D eigenvalue weighted by molar-refractivity contribution is -0.149. The van der Waals surface area contributed by atoms with E-state index >= 15 is 0 Å². The van der Waals surface area contributed by atoms with Gasteiger partial charge in [0.15, 0.2) is 0 Å². The van der Waals surface area contributed by atoms with Crippen molar-refractivity contribution < 1.29 is 19.8 Å². The normalized spacial score (nSPS) is 22.6. The van der Waals surface area contributed by atoms with Crippen molar-refractivity contribution in [2.24, 2.45) is 5.41 Å². The smallest absolute Gasteiger partial charge is 0.236 e. The lowest BCUT2D eigenvalue weighted by Gasteiger charge is -2.46. The van der Waals surface area contributed by atoms with Gasteiger partial charge in [-0.1, -0.05) is 73.5 Å². The van der Waals surface area contributed by atoms with E-state index in [2.05, 4.69) is 10.6 Å². The summed E-state index contributed by atoms with van der Waals surface area (Å²) in [7, 11) is 0. The number of benzene rings is 2. The number of nitrogens with one attached hydrogen (secondary N) is 2. The third kappa shape index (κ3) is 5.32. The number of carbonyl (C=O) groups is 2. The predicted molar refractivity (Wildman–Crippen MR) is 143 cm³/mol. The second kappa shape index (κ2) is 10.6. The molecule has 4 N–H and O–H groups in total. The maximum atomic E-state index is 13.9. The van der Waals surface area contributed by atoms with Crippen molar-refractivity contribution in [3.05, 3.63) is 71.8 Å². The summed E-state index contributed by atoms with van der Waals surface area (Å²) in [5.41, 5.74) is -0.969. The molecule has 2 amide bonds. The lowest BCUT2D eigenvalue weighted by atomic mass is 9.71. The van der Waals surface area contributed by atoms with Crippen molar-refractivity contribution >= 4 is 11.8 Å². The highest BCUT2D eigenvalue weighted by molar-refractivity contribution is 6.05. The van der Waals surface area contributed by atoms with E-state index in [-0.39, 0.29) is 11.8 Å². The SMILES string of the molecule is O=C(N[C@H](Cc1ccccc1)C1(O)CCC1)C1(C(=O)N[C@H](Cc2ccccc2)C2(O)CCC2)CCCC1. The highest BCUT2D eigenvalue weighted by Gasteiger charge is 2.53. The third-order valence-corrected chi connectivity index (χ3v) is 9.24. The van der Waals surface area contributed by atoms with Gasteiger partial charge < -0.3 is 20.8 Å². The Morgan fingerprint density at radius 3 is 1.32 bits per heavy atom. The van der Waals surface area contributed by atoms with E-state index in [4.69, 9.17) is 0 Å². The average Bonchev–Trinajstić information content (AvgIpc) is 3.38. The summed E-state index contributed by atoms with van der Waals surface area (Å²) in [6.07, 6.45) is 8.10. The molecule has 5 rings (SSSR count). The number of rotatable bonds is 10. The molecule has 0 aliphatic heterocycles. The van der Waals surface area contributed by atoms with Crippen LogP contribution in [0.15, 0.2) is 60.7 Å². The van der Waals surface area contributed by atoms with Gasteiger partial charge in [-0.05, 0) is 75.3 Å². The standard InChI is InChI=1S/C31H40N2O4/c34-27(32-25(30(36)17-9-18-30)21-23-11-3-1-4-12-23)29(15-7-8-16-29)28(35)33-26(31(37)19-10-20-31)22-24-13-5-2-6-14-24/h1-6,11-14,25-26,36-37H,7-10,15-22H2,(H,32,34)(H,33,35)/t25-,26-/m1/s1. The van der Waals surface area contributed by atoms with Gasteiger partial charge in [0.1, 0.15) is 5.41 Å². The van der Waals surface area contributed by atoms with Crippen LogP contribution in [-0.4, -0.2) is 45.3 Å². The molecular formula is C31H40N2O4. The quantitative estimate of drug-likeness (QED) is 0.370. The van der Waals surface area contributed by atoms with Crippen LogP contribution in [0.2, 0.25) is 0 Å². The van der Waals surface area contributed by atoms with E-state index < -0.39 is 28.7 Å². The molecule has 37 heavy (non-hydrogen) atoms. The Kier molecular flexibility index (Phi) is 7.42. The first-order valence-electron chi connectivity index (χ1n) is 14.0. The zero-order valence-corrected chi connectivity index (χ0v) is 21.6. The highest BCUT2D eigenvalue weighted by Crippen LogP contribution is 2.42. The molecule has 0 aromatic heterocycles. The minimum atomic E-state index is -1.18. The molecule has 2 atom stereocenters. The molecule has 198 valence electrons. The number of hydrogen-bond donors (Lipinski definition) is 4. The second-order valence-electron chi connectivity index (χ2n) is 11.6. The number of hydrogen-bond acceptors (Lipinski definition) is 4. The van der Waals surface area contributed by atoms with Gasteiger partial charge in [0, 0.05) is 0 Å². The number of carbonyl (C=O) groups excluding carboxylic acids is 2. The molecule has 3 fully saturated rings. The van der Waals surface area contributed by atoms with Gasteiger partial charge in [-0.3, -0.25) is 9.59 Å². The van der Waals surface area contributed by atoms with Gasteiger partial charge in [0.2, 0.25) is 11.8 Å². The van der Waals surface area contributed by atoms with E-state index in [1.54, 1.807) is 0 Å². The first-order chi connectivity index (χ1) is 17.8. The van der Waals surface area contributed by atoms with Crippen LogP contribution >= 0.6 is 0 Å². The molecule has 6 nitrogen and oxygen atoms in total. The fourth-order valence-corrected chi connectivity index (χ4v) is 6.35. The van der Waals surface area contributed by atoms with E-state index in [1.807, 2.05) is 60.7 Å². The van der Waals surface area contributed by atoms with Crippen molar-refractivity contribution in [3.8, 4) is 0 Å². The van der Waals surface area contributed by atoms with Crippen molar-refractivity contribution in [2.75, 3.05) is 0 Å². The molecule has 3 aliphatic carbocycles. The predicted octanol–water partition coefficient (Wildman–Crippen LogP) is 3.83. The van der Waals surface area contributed by atoms with Crippen LogP contribution in [0, 0.1) is 5.41 Å². The fraction of sp³-hybridized carbons (Fsp3) is 0.548. The summed E-state index contributed by atoms with van der Waals surface area (Å²) in [6.45, 7) is 0. The van der Waals surface area contributed by atoms with E-state index in [1.165, 1.54) is 0 Å². The Labute approximate surface area is 219 Å². The molecule has 6 heteroatoms. The molecule has 2 aromatic carbocycles. The van der Waals surface area contributed by atoms with Crippen molar-refractivity contribution in [1.29, 1.82) is 0 Å². The Hall–Kier alpha value is -2.70. The van der Waals surface area contributed by atoms with Gasteiger partial charge in [-0.15, -0.1) is 0 Å². The summed E-state index contributed by atoms with van der Waals surface area (Å²) in [5.74, 6) is -0.578. The maximum absolute atomic E-state index is 13.9. The zero-order chi connectivity index (χ0) is 25.9. The molecule has 3 saturated carbocycles. The number of aliphatic hydroxyl groups is 2. The minimum absolute atomic E-state index is 0.289. The number of amides is 2. The van der Waals surface area contributed by atoms with Crippen LogP contribution in [0.1, 0.15) is 75.3 Å². The Balaban J connectivity index is 1.35. The van der Waals surface area contributed by atoms with E-state index in [9.17, 15) is 19.8 Å². The molecule has 0 bridgehead atoms. The first kappa shape index (κ1) is 25.9. The lowest BCUT2D eigenvalue weighted by Crippen LogP contribution is -2.64. The maximum Gasteiger partial charge on any atom is 0.236 e. The van der Waals surface area contributed by atoms with Crippen LogP contribution in [0.5, 0.6) is 0 Å². The van der Waals surface area contributed by atoms with Gasteiger partial charge in [-0.2, -0.15) is 0 Å². The Bertz CT molecular complexity index is 991. The second-order valence-corrected chi connectivity index (χ2v) is 11.6. The van der Waals surface area contributed by atoms with Gasteiger partial charge in [-0.25, -0.2) is 0 Å². The van der Waals surface area contributed by atoms with E-state index in [0.717, 1.165) is 36.8 Å². The first-order valence-corrected chi connectivity index (χ1v) is 14.0. The summed E-state index contributed by atoms with van der Waals surface area (Å²) >= 11 is 0. The Morgan fingerprint density at radius 1 is 0.622 bits per heavy atom. The molecule has 0 saturated heterocycles. The molecule has 0 radical (unpaired) electrons. The van der Waals surface area contributed by atoms with Crippen LogP contribution in [0.3, 0.4) is 0 Å². The van der Waals surface area contributed by atoms with Crippen LogP contribution in [0.4, 0.5) is 0 Å². The largest absolute Gasteiger partial charge is 0.388 e. The summed E-state index contributed by atoms with van der Waals surface area (Å²) in [5, 5.41) is 28.8. The van der Waals surface area contributed by atoms with Gasteiger partial charge >= 0.3 is 0 Å². The van der Waals surface area contributed by atoms with Crippen LogP contribution in [0.25, 0.3) is 0 Å². The summed E-state index contributed by atoms with van der Waals surface area (Å²) < 4.78 is 0. The van der Waals surface area contributed by atoms with Crippen molar-refractivity contribution in [3.63, 3.8) is 0 Å². The average molecular weight is 505 g/mol. The molecule has 3 aliphatic rings. The molecule has 0 heterocycles. The Morgan fingerprint density at radius 2 is 1.00 bits per heavy atom. The molecule has 2 aromatic rings. The zero-order valence-electron chi connectivity index (χ0n) is 21.6.